The quantitative estimate of drug-likeness (QED) is 0.821. The number of hydrogen-bond acceptors (Lipinski definition) is 5. The Balaban J connectivity index is 2.77. The molecule has 0 spiro atoms. The average molecular weight is 242 g/mol. The Hall–Kier alpha value is -1.01. The molecule has 3 N–H and O–H groups in total. The summed E-state index contributed by atoms with van der Waals surface area (Å²) in [5.41, 5.74) is 5.21. The number of hydrogen-bond donors (Lipinski definition) is 2. The minimum Gasteiger partial charge on any atom is -0.329 e. The minimum absolute atomic E-state index is 0.0591. The van der Waals surface area contributed by atoms with Gasteiger partial charge in [-0.2, -0.15) is 4.37 Å². The normalized spacial score (nSPS) is 11.5. The molecule has 0 aromatic carbocycles. The highest BCUT2D eigenvalue weighted by molar-refractivity contribution is 7.09. The Morgan fingerprint density at radius 3 is 2.50 bits per heavy atom. The second kappa shape index (κ2) is 5.36. The number of carbonyl (C=O) groups is 1. The van der Waals surface area contributed by atoms with E-state index in [0.29, 0.717) is 17.5 Å². The van der Waals surface area contributed by atoms with Gasteiger partial charge in [0.25, 0.3) is 0 Å². The van der Waals surface area contributed by atoms with E-state index in [1.165, 1.54) is 11.5 Å². The van der Waals surface area contributed by atoms with Gasteiger partial charge in [-0.3, -0.25) is 4.79 Å². The van der Waals surface area contributed by atoms with Gasteiger partial charge in [-0.25, -0.2) is 4.98 Å². The molecule has 6 heteroatoms. The summed E-state index contributed by atoms with van der Waals surface area (Å²) in [7, 11) is 0. The average Bonchev–Trinajstić information content (AvgIpc) is 2.67. The first kappa shape index (κ1) is 13.1. The van der Waals surface area contributed by atoms with E-state index in [-0.39, 0.29) is 5.91 Å². The van der Waals surface area contributed by atoms with Gasteiger partial charge in [0.2, 0.25) is 11.0 Å². The van der Waals surface area contributed by atoms with Crippen LogP contribution in [0.4, 0.5) is 5.13 Å². The van der Waals surface area contributed by atoms with Gasteiger partial charge in [0.15, 0.2) is 0 Å². The van der Waals surface area contributed by atoms with Crippen molar-refractivity contribution < 1.29 is 4.79 Å². The Morgan fingerprint density at radius 1 is 1.50 bits per heavy atom. The van der Waals surface area contributed by atoms with Crippen molar-refractivity contribution in [3.05, 3.63) is 5.82 Å². The van der Waals surface area contributed by atoms with Crippen LogP contribution in [0.1, 0.15) is 32.5 Å². The predicted octanol–water partition coefficient (Wildman–Crippen LogP) is 1.55. The summed E-state index contributed by atoms with van der Waals surface area (Å²) in [6.07, 6.45) is 1.45. The maximum Gasteiger partial charge on any atom is 0.233 e. The van der Waals surface area contributed by atoms with Gasteiger partial charge in [-0.1, -0.05) is 13.8 Å². The van der Waals surface area contributed by atoms with Gasteiger partial charge in [0, 0.05) is 18.1 Å². The van der Waals surface area contributed by atoms with Gasteiger partial charge in [0.1, 0.15) is 5.82 Å². The second-order valence-electron chi connectivity index (χ2n) is 3.79. The van der Waals surface area contributed by atoms with Crippen LogP contribution in [0.3, 0.4) is 0 Å². The molecule has 1 aromatic rings. The Morgan fingerprint density at radius 2 is 2.12 bits per heavy atom. The fraction of sp³-hybridized carbons (Fsp3) is 0.700. The van der Waals surface area contributed by atoms with Crippen LogP contribution in [0.25, 0.3) is 0 Å². The Labute approximate surface area is 99.6 Å². The molecule has 1 heterocycles. The summed E-state index contributed by atoms with van der Waals surface area (Å²) in [6, 6.07) is 0. The molecule has 0 unspecified atom stereocenters. The van der Waals surface area contributed by atoms with Crippen molar-refractivity contribution >= 4 is 22.6 Å². The van der Waals surface area contributed by atoms with Gasteiger partial charge >= 0.3 is 0 Å². The summed E-state index contributed by atoms with van der Waals surface area (Å²) >= 11 is 1.19. The van der Waals surface area contributed by atoms with Gasteiger partial charge in [-0.15, -0.1) is 0 Å². The predicted molar refractivity (Wildman–Crippen MR) is 65.3 cm³/mol. The molecule has 16 heavy (non-hydrogen) atoms. The lowest BCUT2D eigenvalue weighted by Gasteiger charge is -2.27. The molecule has 0 atom stereocenters. The highest BCUT2D eigenvalue weighted by Gasteiger charge is 2.33. The smallest absolute Gasteiger partial charge is 0.233 e. The van der Waals surface area contributed by atoms with E-state index in [4.69, 9.17) is 5.73 Å². The first-order valence-corrected chi connectivity index (χ1v) is 6.17. The molecule has 0 bridgehead atoms. The summed E-state index contributed by atoms with van der Waals surface area (Å²) in [4.78, 5) is 16.2. The first-order valence-electron chi connectivity index (χ1n) is 5.39. The number of nitrogens with zero attached hydrogens (tertiary/aromatic N) is 2. The van der Waals surface area contributed by atoms with Crippen LogP contribution in [0.15, 0.2) is 0 Å². The van der Waals surface area contributed by atoms with Crippen molar-refractivity contribution in [3.63, 3.8) is 0 Å². The standard InChI is InChI=1S/C10H18N4OS/c1-4-10(5-2,6-11)8(15)13-9-12-7(3)14-16-9/h4-6,11H2,1-3H3,(H,12,13,14,15). The van der Waals surface area contributed by atoms with E-state index in [2.05, 4.69) is 14.7 Å². The van der Waals surface area contributed by atoms with Crippen LogP contribution in [0.5, 0.6) is 0 Å². The zero-order valence-electron chi connectivity index (χ0n) is 9.91. The number of aryl methyl sites for hydroxylation is 1. The van der Waals surface area contributed by atoms with Gasteiger partial charge < -0.3 is 11.1 Å². The largest absolute Gasteiger partial charge is 0.329 e. The minimum atomic E-state index is -0.487. The molecule has 0 fully saturated rings. The van der Waals surface area contributed by atoms with E-state index in [0.717, 1.165) is 12.8 Å². The van der Waals surface area contributed by atoms with Crippen molar-refractivity contribution in [1.29, 1.82) is 0 Å². The van der Waals surface area contributed by atoms with Gasteiger partial charge in [-0.05, 0) is 19.8 Å². The molecule has 1 amide bonds. The van der Waals surface area contributed by atoms with Crippen LogP contribution in [-0.4, -0.2) is 21.8 Å². The zero-order valence-corrected chi connectivity index (χ0v) is 10.7. The van der Waals surface area contributed by atoms with E-state index in [1.54, 1.807) is 6.92 Å². The van der Waals surface area contributed by atoms with Crippen molar-refractivity contribution in [2.75, 3.05) is 11.9 Å². The fourth-order valence-electron chi connectivity index (χ4n) is 1.53. The van der Waals surface area contributed by atoms with E-state index >= 15 is 0 Å². The second-order valence-corrected chi connectivity index (χ2v) is 4.54. The number of amides is 1. The highest BCUT2D eigenvalue weighted by atomic mass is 32.1. The molecule has 0 saturated carbocycles. The molecule has 1 rings (SSSR count). The number of aromatic nitrogens is 2. The molecule has 0 aliphatic heterocycles. The molecule has 90 valence electrons. The first-order chi connectivity index (χ1) is 7.57. The SMILES string of the molecule is CCC(CC)(CN)C(=O)Nc1nc(C)ns1. The lowest BCUT2D eigenvalue weighted by atomic mass is 9.81. The lowest BCUT2D eigenvalue weighted by Crippen LogP contribution is -2.41. The molecule has 1 aromatic heterocycles. The zero-order chi connectivity index (χ0) is 12.2. The summed E-state index contributed by atoms with van der Waals surface area (Å²) in [6.45, 7) is 6.09. The van der Waals surface area contributed by atoms with Crippen LogP contribution >= 0.6 is 11.5 Å². The van der Waals surface area contributed by atoms with E-state index in [1.807, 2.05) is 13.8 Å². The van der Waals surface area contributed by atoms with Crippen molar-refractivity contribution in [1.82, 2.24) is 9.36 Å². The molecule has 0 aliphatic carbocycles. The van der Waals surface area contributed by atoms with Crippen LogP contribution < -0.4 is 11.1 Å². The Kier molecular flexibility index (Phi) is 4.37. The Bertz CT molecular complexity index is 351. The van der Waals surface area contributed by atoms with Crippen molar-refractivity contribution in [3.8, 4) is 0 Å². The fourth-order valence-corrected chi connectivity index (χ4v) is 2.10. The van der Waals surface area contributed by atoms with Crippen LogP contribution in [-0.2, 0) is 4.79 Å². The maximum absolute atomic E-state index is 12.1. The van der Waals surface area contributed by atoms with Gasteiger partial charge in [0.05, 0.1) is 5.41 Å². The molecule has 0 aliphatic rings. The molecular formula is C10H18N4OS. The molecule has 5 nitrogen and oxygen atoms in total. The van der Waals surface area contributed by atoms with E-state index in [9.17, 15) is 4.79 Å². The molecular weight excluding hydrogens is 224 g/mol. The number of nitrogens with one attached hydrogen (secondary N) is 1. The number of nitrogens with two attached hydrogens (primary N) is 1. The molecule has 0 saturated heterocycles. The third-order valence-electron chi connectivity index (χ3n) is 2.97. The third-order valence-corrected chi connectivity index (χ3v) is 3.70. The number of carbonyl (C=O) groups excluding carboxylic acids is 1. The monoisotopic (exact) mass is 242 g/mol. The summed E-state index contributed by atoms with van der Waals surface area (Å²) in [5.74, 6) is 0.614. The third kappa shape index (κ3) is 2.56. The lowest BCUT2D eigenvalue weighted by molar-refractivity contribution is -0.125. The number of rotatable bonds is 5. The summed E-state index contributed by atoms with van der Waals surface area (Å²) in [5, 5.41) is 3.33. The molecule has 0 radical (unpaired) electrons. The van der Waals surface area contributed by atoms with Crippen LogP contribution in [0.2, 0.25) is 0 Å². The van der Waals surface area contributed by atoms with Crippen LogP contribution in [0, 0.1) is 12.3 Å². The van der Waals surface area contributed by atoms with Crippen molar-refractivity contribution in [2.45, 2.75) is 33.6 Å². The number of anilines is 1. The highest BCUT2D eigenvalue weighted by Crippen LogP contribution is 2.27. The topological polar surface area (TPSA) is 80.9 Å². The van der Waals surface area contributed by atoms with Crippen molar-refractivity contribution in [2.24, 2.45) is 11.1 Å². The van der Waals surface area contributed by atoms with E-state index < -0.39 is 5.41 Å². The maximum atomic E-state index is 12.1. The summed E-state index contributed by atoms with van der Waals surface area (Å²) < 4.78 is 4.01.